The Kier molecular flexibility index (Phi) is 5.69. The Morgan fingerprint density at radius 3 is 2.52 bits per heavy atom. The molecular formula is C23H23FN6O. The summed E-state index contributed by atoms with van der Waals surface area (Å²) in [5.74, 6) is -0.651. The number of likely N-dealkylation sites (N-methyl/N-ethyl adjacent to an activating group) is 1. The molecule has 0 bridgehead atoms. The number of nitrogens with one attached hydrogen (secondary N) is 1. The lowest BCUT2D eigenvalue weighted by Gasteiger charge is -2.34. The third-order valence-corrected chi connectivity index (χ3v) is 5.54. The Labute approximate surface area is 180 Å². The van der Waals surface area contributed by atoms with E-state index in [-0.39, 0.29) is 11.7 Å². The average molecular weight is 418 g/mol. The van der Waals surface area contributed by atoms with Gasteiger partial charge in [0.25, 0.3) is 5.91 Å². The monoisotopic (exact) mass is 418 g/mol. The molecule has 1 amide bonds. The highest BCUT2D eigenvalue weighted by atomic mass is 19.1. The summed E-state index contributed by atoms with van der Waals surface area (Å²) in [4.78, 5) is 17.3. The molecule has 1 aliphatic rings. The molecule has 1 N–H and O–H groups in total. The van der Waals surface area contributed by atoms with Gasteiger partial charge in [0.15, 0.2) is 0 Å². The standard InChI is InChI=1S/C23H23FN6O/c1-16-21(15-26-30(16)20-6-3-18(24)4-7-20)23(31)27-19-5-8-22(17(13-19)14-25)29-11-9-28(2)10-12-29/h3-8,13,15H,9-12H2,1-2H3,(H,27,31). The molecule has 1 aliphatic heterocycles. The molecule has 0 saturated carbocycles. The van der Waals surface area contributed by atoms with Crippen molar-refractivity contribution < 1.29 is 9.18 Å². The maximum atomic E-state index is 13.2. The molecule has 7 nitrogen and oxygen atoms in total. The minimum atomic E-state index is -0.333. The lowest BCUT2D eigenvalue weighted by molar-refractivity contribution is 0.102. The van der Waals surface area contributed by atoms with Gasteiger partial charge in [-0.2, -0.15) is 10.4 Å². The van der Waals surface area contributed by atoms with Crippen molar-refractivity contribution in [1.82, 2.24) is 14.7 Å². The second kappa shape index (κ2) is 8.58. The number of hydrogen-bond donors (Lipinski definition) is 1. The zero-order valence-electron chi connectivity index (χ0n) is 17.5. The fourth-order valence-corrected chi connectivity index (χ4v) is 3.70. The maximum absolute atomic E-state index is 13.2. The van der Waals surface area contributed by atoms with Gasteiger partial charge in [-0.15, -0.1) is 0 Å². The summed E-state index contributed by atoms with van der Waals surface area (Å²) < 4.78 is 14.8. The number of rotatable bonds is 4. The molecule has 0 aliphatic carbocycles. The Bertz CT molecular complexity index is 1140. The Morgan fingerprint density at radius 1 is 1.13 bits per heavy atom. The fraction of sp³-hybridized carbons (Fsp3) is 0.261. The molecule has 1 fully saturated rings. The number of piperazine rings is 1. The van der Waals surface area contributed by atoms with Gasteiger partial charge in [0, 0.05) is 31.9 Å². The molecule has 4 rings (SSSR count). The minimum Gasteiger partial charge on any atom is -0.368 e. The molecule has 2 heterocycles. The van der Waals surface area contributed by atoms with E-state index in [9.17, 15) is 14.4 Å². The Morgan fingerprint density at radius 2 is 1.84 bits per heavy atom. The Balaban J connectivity index is 1.52. The number of anilines is 2. The highest BCUT2D eigenvalue weighted by Crippen LogP contribution is 2.25. The third kappa shape index (κ3) is 4.27. The van der Waals surface area contributed by atoms with E-state index in [1.807, 2.05) is 12.1 Å². The second-order valence-electron chi connectivity index (χ2n) is 7.62. The molecule has 158 valence electrons. The smallest absolute Gasteiger partial charge is 0.259 e. The van der Waals surface area contributed by atoms with E-state index in [0.29, 0.717) is 28.2 Å². The third-order valence-electron chi connectivity index (χ3n) is 5.54. The van der Waals surface area contributed by atoms with E-state index in [0.717, 1.165) is 31.9 Å². The van der Waals surface area contributed by atoms with Crippen molar-refractivity contribution in [1.29, 1.82) is 5.26 Å². The van der Waals surface area contributed by atoms with E-state index in [4.69, 9.17) is 0 Å². The van der Waals surface area contributed by atoms with Crippen molar-refractivity contribution in [2.45, 2.75) is 6.92 Å². The summed E-state index contributed by atoms with van der Waals surface area (Å²) in [5.41, 5.74) is 3.68. The van der Waals surface area contributed by atoms with Crippen LogP contribution in [0.2, 0.25) is 0 Å². The first-order chi connectivity index (χ1) is 15.0. The minimum absolute atomic E-state index is 0.318. The van der Waals surface area contributed by atoms with Crippen LogP contribution in [0.15, 0.2) is 48.7 Å². The summed E-state index contributed by atoms with van der Waals surface area (Å²) in [6.07, 6.45) is 1.48. The summed E-state index contributed by atoms with van der Waals surface area (Å²) >= 11 is 0. The zero-order valence-corrected chi connectivity index (χ0v) is 17.5. The molecule has 0 spiro atoms. The van der Waals surface area contributed by atoms with Gasteiger partial charge in [-0.3, -0.25) is 4.79 Å². The van der Waals surface area contributed by atoms with Crippen molar-refractivity contribution in [3.8, 4) is 11.8 Å². The molecule has 1 saturated heterocycles. The van der Waals surface area contributed by atoms with Crippen LogP contribution in [0.4, 0.5) is 15.8 Å². The molecule has 0 atom stereocenters. The van der Waals surface area contributed by atoms with Crippen molar-refractivity contribution in [2.24, 2.45) is 0 Å². The number of amides is 1. The molecule has 0 radical (unpaired) electrons. The van der Waals surface area contributed by atoms with Crippen LogP contribution in [0, 0.1) is 24.1 Å². The normalized spacial score (nSPS) is 14.3. The van der Waals surface area contributed by atoms with E-state index in [1.54, 1.807) is 29.8 Å². The highest BCUT2D eigenvalue weighted by Gasteiger charge is 2.19. The van der Waals surface area contributed by atoms with Crippen molar-refractivity contribution >= 4 is 17.3 Å². The van der Waals surface area contributed by atoms with Crippen LogP contribution in [0.1, 0.15) is 21.6 Å². The van der Waals surface area contributed by atoms with E-state index < -0.39 is 0 Å². The number of aromatic nitrogens is 2. The van der Waals surface area contributed by atoms with Crippen molar-refractivity contribution in [2.75, 3.05) is 43.4 Å². The molecule has 8 heteroatoms. The van der Waals surface area contributed by atoms with Gasteiger partial charge in [-0.25, -0.2) is 9.07 Å². The van der Waals surface area contributed by atoms with Crippen molar-refractivity contribution in [3.63, 3.8) is 0 Å². The van der Waals surface area contributed by atoms with E-state index >= 15 is 0 Å². The van der Waals surface area contributed by atoms with Gasteiger partial charge < -0.3 is 15.1 Å². The van der Waals surface area contributed by atoms with Crippen LogP contribution < -0.4 is 10.2 Å². The number of hydrogen-bond acceptors (Lipinski definition) is 5. The summed E-state index contributed by atoms with van der Waals surface area (Å²) in [6, 6.07) is 13.5. The average Bonchev–Trinajstić information content (AvgIpc) is 3.16. The van der Waals surface area contributed by atoms with Crippen LogP contribution in [0.25, 0.3) is 5.69 Å². The molecule has 0 unspecified atom stereocenters. The second-order valence-corrected chi connectivity index (χ2v) is 7.62. The molecule has 3 aromatic rings. The van der Waals surface area contributed by atoms with E-state index in [1.165, 1.54) is 18.3 Å². The predicted molar refractivity (Wildman–Crippen MR) is 117 cm³/mol. The number of nitriles is 1. The quantitative estimate of drug-likeness (QED) is 0.704. The van der Waals surface area contributed by atoms with Crippen LogP contribution in [-0.2, 0) is 0 Å². The van der Waals surface area contributed by atoms with Gasteiger partial charge in [-0.05, 0) is 56.4 Å². The first kappa shape index (κ1) is 20.6. The largest absolute Gasteiger partial charge is 0.368 e. The summed E-state index contributed by atoms with van der Waals surface area (Å²) in [6.45, 7) is 5.39. The highest BCUT2D eigenvalue weighted by molar-refractivity contribution is 6.05. The molecule has 1 aromatic heterocycles. The lowest BCUT2D eigenvalue weighted by atomic mass is 10.1. The number of carbonyl (C=O) groups excluding carboxylic acids is 1. The van der Waals surface area contributed by atoms with Gasteiger partial charge in [0.1, 0.15) is 11.9 Å². The van der Waals surface area contributed by atoms with Crippen LogP contribution in [0.5, 0.6) is 0 Å². The van der Waals surface area contributed by atoms with E-state index in [2.05, 4.69) is 33.3 Å². The van der Waals surface area contributed by atoms with Gasteiger partial charge in [0.2, 0.25) is 0 Å². The zero-order chi connectivity index (χ0) is 22.0. The first-order valence-corrected chi connectivity index (χ1v) is 10.1. The number of nitrogens with zero attached hydrogens (tertiary/aromatic N) is 5. The summed E-state index contributed by atoms with van der Waals surface area (Å²) in [5, 5.41) is 16.7. The van der Waals surface area contributed by atoms with Gasteiger partial charge in [0.05, 0.1) is 34.4 Å². The van der Waals surface area contributed by atoms with Gasteiger partial charge >= 0.3 is 0 Å². The van der Waals surface area contributed by atoms with Crippen molar-refractivity contribution in [3.05, 3.63) is 71.3 Å². The molecule has 31 heavy (non-hydrogen) atoms. The van der Waals surface area contributed by atoms with Crippen LogP contribution in [-0.4, -0.2) is 53.8 Å². The Hall–Kier alpha value is -3.70. The SMILES string of the molecule is Cc1c(C(=O)Nc2ccc(N3CCN(C)CC3)c(C#N)c2)cnn1-c1ccc(F)cc1. The maximum Gasteiger partial charge on any atom is 0.259 e. The fourth-order valence-electron chi connectivity index (χ4n) is 3.70. The number of benzene rings is 2. The number of carbonyl (C=O) groups is 1. The topological polar surface area (TPSA) is 77.2 Å². The lowest BCUT2D eigenvalue weighted by Crippen LogP contribution is -2.44. The molecule has 2 aromatic carbocycles. The first-order valence-electron chi connectivity index (χ1n) is 10.1. The van der Waals surface area contributed by atoms with Crippen LogP contribution in [0.3, 0.4) is 0 Å². The summed E-state index contributed by atoms with van der Waals surface area (Å²) in [7, 11) is 2.08. The van der Waals surface area contributed by atoms with Gasteiger partial charge in [-0.1, -0.05) is 0 Å². The number of halogens is 1. The predicted octanol–water partition coefficient (Wildman–Crippen LogP) is 3.20. The van der Waals surface area contributed by atoms with Crippen LogP contribution >= 0.6 is 0 Å². The molecular weight excluding hydrogens is 395 g/mol.